The molecule has 37 heavy (non-hydrogen) atoms. The Labute approximate surface area is 219 Å². The van der Waals surface area contributed by atoms with Crippen molar-refractivity contribution in [3.8, 4) is 11.1 Å². The first-order valence-electron chi connectivity index (χ1n) is 12.8. The van der Waals surface area contributed by atoms with Gasteiger partial charge in [-0.1, -0.05) is 85.5 Å². The van der Waals surface area contributed by atoms with E-state index in [0.717, 1.165) is 24.5 Å². The highest BCUT2D eigenvalue weighted by Crippen LogP contribution is 2.56. The standard InChI is InChI=1S/C33H34O4/c1-5-25(17-16-24(4)34-19-27-21-36-27)33(23(3)15-18-26(6-2)35-20-28-22-37-28)31-13-9-7-11-29(31)30-12-8-10-14-32(30)33/h5-18,27-28H,2,4,19-22H2,1,3H3/b17-16-,23-15+,25-5+,26-18+. The van der Waals surface area contributed by atoms with Crippen molar-refractivity contribution in [3.05, 3.63) is 132 Å². The molecule has 4 nitrogen and oxygen atoms in total. The highest BCUT2D eigenvalue weighted by atomic mass is 16.6. The molecular formula is C33H34O4. The van der Waals surface area contributed by atoms with Gasteiger partial charge in [-0.15, -0.1) is 0 Å². The largest absolute Gasteiger partial charge is 0.491 e. The normalized spacial score (nSPS) is 21.8. The van der Waals surface area contributed by atoms with Crippen molar-refractivity contribution in [1.29, 1.82) is 0 Å². The monoisotopic (exact) mass is 494 g/mol. The molecule has 0 radical (unpaired) electrons. The van der Waals surface area contributed by atoms with Crippen molar-refractivity contribution < 1.29 is 18.9 Å². The molecule has 2 unspecified atom stereocenters. The molecular weight excluding hydrogens is 460 g/mol. The van der Waals surface area contributed by atoms with Crippen LogP contribution in [0.15, 0.2) is 121 Å². The van der Waals surface area contributed by atoms with E-state index in [1.54, 1.807) is 6.08 Å². The number of benzene rings is 2. The molecule has 2 saturated heterocycles. The van der Waals surface area contributed by atoms with Crippen LogP contribution in [0.5, 0.6) is 0 Å². The number of hydrogen-bond donors (Lipinski definition) is 0. The van der Waals surface area contributed by atoms with Gasteiger partial charge in [-0.25, -0.2) is 0 Å². The lowest BCUT2D eigenvalue weighted by molar-refractivity contribution is 0.193. The molecule has 0 spiro atoms. The Kier molecular flexibility index (Phi) is 7.31. The van der Waals surface area contributed by atoms with E-state index in [-0.39, 0.29) is 12.2 Å². The average Bonchev–Trinajstić information content (AvgIpc) is 3.86. The van der Waals surface area contributed by atoms with Crippen molar-refractivity contribution in [3.63, 3.8) is 0 Å². The van der Waals surface area contributed by atoms with Crippen molar-refractivity contribution in [2.75, 3.05) is 26.4 Å². The molecule has 0 saturated carbocycles. The predicted octanol–water partition coefficient (Wildman–Crippen LogP) is 6.82. The number of hydrogen-bond acceptors (Lipinski definition) is 4. The maximum absolute atomic E-state index is 5.92. The summed E-state index contributed by atoms with van der Waals surface area (Å²) in [6, 6.07) is 17.3. The van der Waals surface area contributed by atoms with Crippen LogP contribution in [0.2, 0.25) is 0 Å². The molecule has 3 aliphatic rings. The number of ether oxygens (including phenoxy) is 4. The lowest BCUT2D eigenvalue weighted by atomic mass is 9.66. The van der Waals surface area contributed by atoms with Gasteiger partial charge in [0.25, 0.3) is 0 Å². The minimum absolute atomic E-state index is 0.190. The Morgan fingerprint density at radius 2 is 1.49 bits per heavy atom. The smallest absolute Gasteiger partial charge is 0.118 e. The van der Waals surface area contributed by atoms with Gasteiger partial charge < -0.3 is 18.9 Å². The van der Waals surface area contributed by atoms with Gasteiger partial charge in [-0.05, 0) is 59.9 Å². The summed E-state index contributed by atoms with van der Waals surface area (Å²) in [4.78, 5) is 0. The molecule has 5 rings (SSSR count). The van der Waals surface area contributed by atoms with E-state index in [0.29, 0.717) is 19.0 Å². The van der Waals surface area contributed by atoms with Gasteiger partial charge in [0.15, 0.2) is 0 Å². The molecule has 0 amide bonds. The topological polar surface area (TPSA) is 43.5 Å². The molecule has 0 N–H and O–H groups in total. The fourth-order valence-corrected chi connectivity index (χ4v) is 5.09. The van der Waals surface area contributed by atoms with Crippen molar-refractivity contribution in [2.24, 2.45) is 0 Å². The van der Waals surface area contributed by atoms with E-state index in [1.807, 2.05) is 12.2 Å². The lowest BCUT2D eigenvalue weighted by Crippen LogP contribution is -2.29. The molecule has 2 fully saturated rings. The number of epoxide rings is 2. The molecule has 0 bridgehead atoms. The quantitative estimate of drug-likeness (QED) is 0.185. The third-order valence-corrected chi connectivity index (χ3v) is 7.13. The second kappa shape index (κ2) is 10.8. The fraction of sp³-hybridized carbons (Fsp3) is 0.273. The van der Waals surface area contributed by atoms with Gasteiger partial charge >= 0.3 is 0 Å². The van der Waals surface area contributed by atoms with Crippen LogP contribution in [-0.2, 0) is 24.4 Å². The summed E-state index contributed by atoms with van der Waals surface area (Å²) in [5.74, 6) is 1.35. The van der Waals surface area contributed by atoms with Gasteiger partial charge in [0.2, 0.25) is 0 Å². The fourth-order valence-electron chi connectivity index (χ4n) is 5.09. The molecule has 2 heterocycles. The van der Waals surface area contributed by atoms with Crippen LogP contribution in [0.1, 0.15) is 25.0 Å². The van der Waals surface area contributed by atoms with E-state index < -0.39 is 5.41 Å². The summed E-state index contributed by atoms with van der Waals surface area (Å²) in [5.41, 5.74) is 6.83. The second-order valence-electron chi connectivity index (χ2n) is 9.54. The Hall–Kier alpha value is -3.60. The third-order valence-electron chi connectivity index (χ3n) is 7.13. The number of allylic oxidation sites excluding steroid dienone is 8. The molecule has 2 aromatic rings. The maximum Gasteiger partial charge on any atom is 0.118 e. The summed E-state index contributed by atoms with van der Waals surface area (Å²) in [5, 5.41) is 0. The molecule has 2 aliphatic heterocycles. The van der Waals surface area contributed by atoms with Crippen molar-refractivity contribution >= 4 is 0 Å². The summed E-state index contributed by atoms with van der Waals surface area (Å²) in [6.07, 6.45) is 12.6. The van der Waals surface area contributed by atoms with Crippen LogP contribution in [0.4, 0.5) is 0 Å². The van der Waals surface area contributed by atoms with E-state index >= 15 is 0 Å². The molecule has 2 aromatic carbocycles. The first kappa shape index (κ1) is 25.1. The van der Waals surface area contributed by atoms with Crippen molar-refractivity contribution in [2.45, 2.75) is 31.5 Å². The van der Waals surface area contributed by atoms with Crippen LogP contribution >= 0.6 is 0 Å². The van der Waals surface area contributed by atoms with Gasteiger partial charge in [-0.3, -0.25) is 0 Å². The zero-order chi connectivity index (χ0) is 25.8. The van der Waals surface area contributed by atoms with Crippen LogP contribution in [-0.4, -0.2) is 38.6 Å². The zero-order valence-corrected chi connectivity index (χ0v) is 21.6. The first-order valence-corrected chi connectivity index (χ1v) is 12.8. The SMILES string of the molecule is C=C/C(=C\C=C(/C)C1(C(/C=C\C(=C)OCC2CO2)=C/C)c2ccccc2-c2ccccc21)OCC1CO1. The number of rotatable bonds is 12. The highest BCUT2D eigenvalue weighted by molar-refractivity contribution is 5.86. The molecule has 1 aliphatic carbocycles. The van der Waals surface area contributed by atoms with E-state index in [2.05, 4.69) is 93.8 Å². The summed E-state index contributed by atoms with van der Waals surface area (Å²) < 4.78 is 22.3. The van der Waals surface area contributed by atoms with Crippen LogP contribution < -0.4 is 0 Å². The van der Waals surface area contributed by atoms with Gasteiger partial charge in [-0.2, -0.15) is 0 Å². The Bertz CT molecular complexity index is 1260. The third kappa shape index (κ3) is 5.13. The van der Waals surface area contributed by atoms with Crippen LogP contribution in [0, 0.1) is 0 Å². The van der Waals surface area contributed by atoms with Gasteiger partial charge in [0.1, 0.15) is 36.9 Å². The maximum atomic E-state index is 5.92. The van der Waals surface area contributed by atoms with Crippen molar-refractivity contribution in [1.82, 2.24) is 0 Å². The van der Waals surface area contributed by atoms with E-state index in [4.69, 9.17) is 18.9 Å². The molecule has 4 heteroatoms. The van der Waals surface area contributed by atoms with Gasteiger partial charge in [0, 0.05) is 0 Å². The molecule has 2 atom stereocenters. The minimum atomic E-state index is -0.485. The summed E-state index contributed by atoms with van der Waals surface area (Å²) in [6.45, 7) is 14.9. The zero-order valence-electron chi connectivity index (χ0n) is 21.6. The Morgan fingerprint density at radius 3 is 2.03 bits per heavy atom. The average molecular weight is 495 g/mol. The first-order chi connectivity index (χ1) is 18.1. The predicted molar refractivity (Wildman–Crippen MR) is 148 cm³/mol. The van der Waals surface area contributed by atoms with Crippen LogP contribution in [0.3, 0.4) is 0 Å². The van der Waals surface area contributed by atoms with Crippen LogP contribution in [0.25, 0.3) is 11.1 Å². The molecule has 190 valence electrons. The van der Waals surface area contributed by atoms with E-state index in [1.165, 1.54) is 27.8 Å². The number of fused-ring (bicyclic) bond motifs is 3. The second-order valence-corrected chi connectivity index (χ2v) is 9.54. The Balaban J connectivity index is 1.58. The summed E-state index contributed by atoms with van der Waals surface area (Å²) >= 11 is 0. The molecule has 0 aromatic heterocycles. The lowest BCUT2D eigenvalue weighted by Gasteiger charge is -2.35. The Morgan fingerprint density at radius 1 is 0.919 bits per heavy atom. The van der Waals surface area contributed by atoms with Gasteiger partial charge in [0.05, 0.1) is 18.6 Å². The minimum Gasteiger partial charge on any atom is -0.491 e. The highest BCUT2D eigenvalue weighted by Gasteiger charge is 2.46. The summed E-state index contributed by atoms with van der Waals surface area (Å²) in [7, 11) is 0. The van der Waals surface area contributed by atoms with E-state index in [9.17, 15) is 0 Å².